The molecule has 1 N–H and O–H groups in total. The third-order valence-corrected chi connectivity index (χ3v) is 5.66. The molecule has 1 aromatic carbocycles. The number of hydrogen-bond acceptors (Lipinski definition) is 5. The van der Waals surface area contributed by atoms with Crippen molar-refractivity contribution >= 4 is 21.9 Å². The van der Waals surface area contributed by atoms with Gasteiger partial charge in [-0.25, -0.2) is 8.42 Å². The highest BCUT2D eigenvalue weighted by molar-refractivity contribution is 7.89. The summed E-state index contributed by atoms with van der Waals surface area (Å²) in [5, 5.41) is 8.91. The number of carbonyl (C=O) groups is 2. The molecule has 9 heteroatoms. The summed E-state index contributed by atoms with van der Waals surface area (Å²) < 4.78 is 32.1. The molecule has 1 heterocycles. The SMILES string of the molecule is CCN(CC(=O)O)C(=O)c1ccccc1S(=O)(=O)N1CCOCC1. The van der Waals surface area contributed by atoms with Crippen LogP contribution < -0.4 is 0 Å². The van der Waals surface area contributed by atoms with Crippen LogP contribution in [0.4, 0.5) is 0 Å². The van der Waals surface area contributed by atoms with Gasteiger partial charge in [0.2, 0.25) is 10.0 Å². The van der Waals surface area contributed by atoms with Gasteiger partial charge in [-0.2, -0.15) is 4.31 Å². The maximum Gasteiger partial charge on any atom is 0.323 e. The second-order valence-corrected chi connectivity index (χ2v) is 7.13. The number of ether oxygens (including phenoxy) is 1. The van der Waals surface area contributed by atoms with Crippen molar-refractivity contribution in [3.05, 3.63) is 29.8 Å². The number of nitrogens with zero attached hydrogens (tertiary/aromatic N) is 2. The van der Waals surface area contributed by atoms with E-state index in [1.807, 2.05) is 0 Å². The zero-order valence-corrected chi connectivity index (χ0v) is 14.2. The summed E-state index contributed by atoms with van der Waals surface area (Å²) in [7, 11) is -3.85. The summed E-state index contributed by atoms with van der Waals surface area (Å²) >= 11 is 0. The van der Waals surface area contributed by atoms with E-state index in [2.05, 4.69) is 0 Å². The van der Waals surface area contributed by atoms with Crippen molar-refractivity contribution in [1.82, 2.24) is 9.21 Å². The van der Waals surface area contributed by atoms with Gasteiger partial charge in [0.1, 0.15) is 6.54 Å². The minimum absolute atomic E-state index is 0.0212. The zero-order chi connectivity index (χ0) is 17.7. The van der Waals surface area contributed by atoms with Crippen LogP contribution in [0.2, 0.25) is 0 Å². The fourth-order valence-corrected chi connectivity index (χ4v) is 4.05. The van der Waals surface area contributed by atoms with E-state index in [4.69, 9.17) is 9.84 Å². The number of likely N-dealkylation sites (N-methyl/N-ethyl adjacent to an activating group) is 1. The quantitative estimate of drug-likeness (QED) is 0.784. The number of carboxylic acid groups (broad SMARTS) is 1. The van der Waals surface area contributed by atoms with Crippen molar-refractivity contribution < 1.29 is 27.9 Å². The number of morpholine rings is 1. The Bertz CT molecular complexity index is 712. The van der Waals surface area contributed by atoms with Crippen LogP contribution in [0.5, 0.6) is 0 Å². The predicted molar refractivity (Wildman–Crippen MR) is 85.2 cm³/mol. The number of carboxylic acids is 1. The van der Waals surface area contributed by atoms with Crippen molar-refractivity contribution in [2.45, 2.75) is 11.8 Å². The Morgan fingerprint density at radius 2 is 1.88 bits per heavy atom. The largest absolute Gasteiger partial charge is 0.480 e. The summed E-state index contributed by atoms with van der Waals surface area (Å²) in [6, 6.07) is 5.87. The molecule has 0 aliphatic carbocycles. The van der Waals surface area contributed by atoms with E-state index in [0.717, 1.165) is 4.90 Å². The number of carbonyl (C=O) groups excluding carboxylic acids is 1. The van der Waals surface area contributed by atoms with Crippen LogP contribution in [-0.4, -0.2) is 74.0 Å². The predicted octanol–water partition coefficient (Wildman–Crippen LogP) is 0.254. The number of amides is 1. The summed E-state index contributed by atoms with van der Waals surface area (Å²) in [5.74, 6) is -1.77. The molecule has 1 aromatic rings. The van der Waals surface area contributed by atoms with Crippen LogP contribution in [0, 0.1) is 0 Å². The molecule has 1 aliphatic rings. The van der Waals surface area contributed by atoms with Gasteiger partial charge in [-0.05, 0) is 19.1 Å². The molecule has 8 nitrogen and oxygen atoms in total. The van der Waals surface area contributed by atoms with E-state index in [-0.39, 0.29) is 30.1 Å². The van der Waals surface area contributed by atoms with Crippen molar-refractivity contribution in [2.24, 2.45) is 0 Å². The minimum atomic E-state index is -3.85. The lowest BCUT2D eigenvalue weighted by Crippen LogP contribution is -2.42. The van der Waals surface area contributed by atoms with Crippen molar-refractivity contribution in [2.75, 3.05) is 39.4 Å². The third-order valence-electron chi connectivity index (χ3n) is 3.70. The van der Waals surface area contributed by atoms with Gasteiger partial charge in [0, 0.05) is 19.6 Å². The highest BCUT2D eigenvalue weighted by atomic mass is 32.2. The van der Waals surface area contributed by atoms with Crippen LogP contribution in [0.15, 0.2) is 29.2 Å². The van der Waals surface area contributed by atoms with E-state index in [9.17, 15) is 18.0 Å². The van der Waals surface area contributed by atoms with Crippen molar-refractivity contribution in [3.8, 4) is 0 Å². The summed E-state index contributed by atoms with van der Waals surface area (Å²) in [4.78, 5) is 24.5. The lowest BCUT2D eigenvalue weighted by Gasteiger charge is -2.27. The summed E-state index contributed by atoms with van der Waals surface area (Å²) in [5.41, 5.74) is -0.0212. The fraction of sp³-hybridized carbons (Fsp3) is 0.467. The van der Waals surface area contributed by atoms with Gasteiger partial charge in [-0.3, -0.25) is 9.59 Å². The molecule has 1 aliphatic heterocycles. The van der Waals surface area contributed by atoms with Gasteiger partial charge in [0.15, 0.2) is 0 Å². The zero-order valence-electron chi connectivity index (χ0n) is 13.3. The van der Waals surface area contributed by atoms with Gasteiger partial charge in [-0.15, -0.1) is 0 Å². The van der Waals surface area contributed by atoms with Crippen LogP contribution in [0.3, 0.4) is 0 Å². The normalized spacial score (nSPS) is 15.9. The van der Waals surface area contributed by atoms with Crippen molar-refractivity contribution in [3.63, 3.8) is 0 Å². The van der Waals surface area contributed by atoms with Gasteiger partial charge < -0.3 is 14.7 Å². The highest BCUT2D eigenvalue weighted by Gasteiger charge is 2.31. The Hall–Kier alpha value is -1.97. The molecule has 0 aromatic heterocycles. The van der Waals surface area contributed by atoms with Crippen LogP contribution in [-0.2, 0) is 19.6 Å². The molecule has 1 fully saturated rings. The number of aliphatic carboxylic acids is 1. The molecule has 2 rings (SSSR count). The Morgan fingerprint density at radius 3 is 2.46 bits per heavy atom. The molecule has 132 valence electrons. The number of sulfonamides is 1. The highest BCUT2D eigenvalue weighted by Crippen LogP contribution is 2.22. The van der Waals surface area contributed by atoms with Gasteiger partial charge >= 0.3 is 5.97 Å². The molecular formula is C15H20N2O6S. The fourth-order valence-electron chi connectivity index (χ4n) is 2.46. The Labute approximate surface area is 140 Å². The number of benzene rings is 1. The van der Waals surface area contributed by atoms with Crippen LogP contribution in [0.1, 0.15) is 17.3 Å². The van der Waals surface area contributed by atoms with Crippen LogP contribution >= 0.6 is 0 Å². The lowest BCUT2D eigenvalue weighted by atomic mass is 10.2. The molecule has 1 amide bonds. The first-order valence-electron chi connectivity index (χ1n) is 7.56. The Balaban J connectivity index is 2.39. The van der Waals surface area contributed by atoms with E-state index < -0.39 is 28.4 Å². The average molecular weight is 356 g/mol. The molecular weight excluding hydrogens is 336 g/mol. The average Bonchev–Trinajstić information content (AvgIpc) is 2.59. The molecule has 0 spiro atoms. The smallest absolute Gasteiger partial charge is 0.323 e. The second kappa shape index (κ2) is 7.73. The first kappa shape index (κ1) is 18.4. The summed E-state index contributed by atoms with van der Waals surface area (Å²) in [6.07, 6.45) is 0. The van der Waals surface area contributed by atoms with Crippen LogP contribution in [0.25, 0.3) is 0 Å². The minimum Gasteiger partial charge on any atom is -0.480 e. The first-order valence-corrected chi connectivity index (χ1v) is 9.00. The topological polar surface area (TPSA) is 104 Å². The number of rotatable bonds is 6. The first-order chi connectivity index (χ1) is 11.4. The second-order valence-electron chi connectivity index (χ2n) is 5.23. The molecule has 24 heavy (non-hydrogen) atoms. The number of hydrogen-bond donors (Lipinski definition) is 1. The van der Waals surface area contributed by atoms with E-state index >= 15 is 0 Å². The summed E-state index contributed by atoms with van der Waals surface area (Å²) in [6.45, 7) is 2.36. The van der Waals surface area contributed by atoms with E-state index in [1.165, 1.54) is 22.5 Å². The maximum atomic E-state index is 12.8. The molecule has 0 bridgehead atoms. The van der Waals surface area contributed by atoms with Gasteiger partial charge in [0.25, 0.3) is 5.91 Å². The molecule has 1 saturated heterocycles. The third kappa shape index (κ3) is 3.92. The molecule has 0 atom stereocenters. The standard InChI is InChI=1S/C15H20N2O6S/c1-2-16(11-14(18)19)15(20)12-5-3-4-6-13(12)24(21,22)17-7-9-23-10-8-17/h3-6H,2,7-11H2,1H3,(H,18,19). The van der Waals surface area contributed by atoms with E-state index in [0.29, 0.717) is 13.2 Å². The lowest BCUT2D eigenvalue weighted by molar-refractivity contribution is -0.137. The van der Waals surface area contributed by atoms with Gasteiger partial charge in [0.05, 0.1) is 23.7 Å². The molecule has 0 unspecified atom stereocenters. The Kier molecular flexibility index (Phi) is 5.92. The van der Waals surface area contributed by atoms with Crippen molar-refractivity contribution in [1.29, 1.82) is 0 Å². The van der Waals surface area contributed by atoms with E-state index in [1.54, 1.807) is 13.0 Å². The monoisotopic (exact) mass is 356 g/mol. The molecule has 0 saturated carbocycles. The molecule has 0 radical (unpaired) electrons. The maximum absolute atomic E-state index is 12.8. The Morgan fingerprint density at radius 1 is 1.25 bits per heavy atom. The van der Waals surface area contributed by atoms with Gasteiger partial charge in [-0.1, -0.05) is 12.1 Å².